The minimum absolute atomic E-state index is 0.0704. The fourth-order valence-corrected chi connectivity index (χ4v) is 2.36. The molecule has 0 aromatic heterocycles. The summed E-state index contributed by atoms with van der Waals surface area (Å²) in [5, 5.41) is 2.41. The summed E-state index contributed by atoms with van der Waals surface area (Å²) in [6, 6.07) is 2.50. The highest BCUT2D eigenvalue weighted by Gasteiger charge is 2.28. The van der Waals surface area contributed by atoms with Gasteiger partial charge in [0.15, 0.2) is 0 Å². The third-order valence-electron chi connectivity index (χ3n) is 3.57. The average molecular weight is 312 g/mol. The molecule has 1 aromatic carbocycles. The Kier molecular flexibility index (Phi) is 5.30. The number of anilines is 1. The average Bonchev–Trinajstić information content (AvgIpc) is 2.50. The number of hydrogen-bond donors (Lipinski definition) is 1. The van der Waals surface area contributed by atoms with Gasteiger partial charge in [0.05, 0.1) is 18.2 Å². The molecular formula is C15H18F2N2O3. The molecule has 0 radical (unpaired) electrons. The lowest BCUT2D eigenvalue weighted by atomic mass is 9.97. The maximum absolute atomic E-state index is 13.5. The first-order valence-electron chi connectivity index (χ1n) is 7.19. The molecule has 22 heavy (non-hydrogen) atoms. The van der Waals surface area contributed by atoms with Crippen molar-refractivity contribution in [2.24, 2.45) is 5.92 Å². The Morgan fingerprint density at radius 3 is 2.59 bits per heavy atom. The summed E-state index contributed by atoms with van der Waals surface area (Å²) in [7, 11) is 0. The van der Waals surface area contributed by atoms with Crippen molar-refractivity contribution in [1.29, 1.82) is 0 Å². The first kappa shape index (κ1) is 16.2. The molecule has 7 heteroatoms. The van der Waals surface area contributed by atoms with E-state index in [0.29, 0.717) is 38.6 Å². The number of carbonyl (C=O) groups excluding carboxylic acids is 2. The molecule has 0 aliphatic carbocycles. The van der Waals surface area contributed by atoms with Crippen LogP contribution in [0.3, 0.4) is 0 Å². The van der Waals surface area contributed by atoms with Gasteiger partial charge in [-0.25, -0.2) is 13.6 Å². The lowest BCUT2D eigenvalue weighted by Gasteiger charge is -2.30. The summed E-state index contributed by atoms with van der Waals surface area (Å²) in [5.74, 6) is -1.97. The molecule has 0 bridgehead atoms. The lowest BCUT2D eigenvalue weighted by molar-refractivity contribution is -0.149. The van der Waals surface area contributed by atoms with Crippen LogP contribution in [0.1, 0.15) is 19.8 Å². The Labute approximate surface area is 127 Å². The van der Waals surface area contributed by atoms with Crippen LogP contribution in [-0.4, -0.2) is 36.6 Å². The molecular weight excluding hydrogens is 294 g/mol. The van der Waals surface area contributed by atoms with E-state index in [1.54, 1.807) is 6.92 Å². The van der Waals surface area contributed by atoms with Crippen LogP contribution in [0.25, 0.3) is 0 Å². The number of nitrogens with one attached hydrogen (secondary N) is 1. The van der Waals surface area contributed by atoms with E-state index < -0.39 is 17.7 Å². The van der Waals surface area contributed by atoms with E-state index >= 15 is 0 Å². The first-order chi connectivity index (χ1) is 10.5. The Morgan fingerprint density at radius 2 is 2.00 bits per heavy atom. The van der Waals surface area contributed by atoms with Crippen molar-refractivity contribution in [3.05, 3.63) is 29.8 Å². The highest BCUT2D eigenvalue weighted by atomic mass is 19.1. The number of hydrogen-bond acceptors (Lipinski definition) is 3. The van der Waals surface area contributed by atoms with Gasteiger partial charge in [0.2, 0.25) is 0 Å². The molecule has 1 aromatic rings. The van der Waals surface area contributed by atoms with E-state index in [-0.39, 0.29) is 17.6 Å². The van der Waals surface area contributed by atoms with Gasteiger partial charge >= 0.3 is 12.0 Å². The second-order valence-corrected chi connectivity index (χ2v) is 5.07. The fraction of sp³-hybridized carbons (Fsp3) is 0.467. The van der Waals surface area contributed by atoms with E-state index in [1.807, 2.05) is 0 Å². The van der Waals surface area contributed by atoms with Crippen molar-refractivity contribution in [3.63, 3.8) is 0 Å². The molecule has 2 amide bonds. The van der Waals surface area contributed by atoms with Gasteiger partial charge in [-0.1, -0.05) is 0 Å². The smallest absolute Gasteiger partial charge is 0.321 e. The zero-order chi connectivity index (χ0) is 16.1. The fourth-order valence-electron chi connectivity index (χ4n) is 2.36. The maximum Gasteiger partial charge on any atom is 0.321 e. The van der Waals surface area contributed by atoms with Gasteiger partial charge in [-0.15, -0.1) is 0 Å². The summed E-state index contributed by atoms with van der Waals surface area (Å²) >= 11 is 0. The number of halogens is 2. The van der Waals surface area contributed by atoms with E-state index in [1.165, 1.54) is 11.0 Å². The largest absolute Gasteiger partial charge is 0.466 e. The van der Waals surface area contributed by atoms with E-state index in [0.717, 1.165) is 6.07 Å². The number of ether oxygens (including phenoxy) is 1. The standard InChI is InChI=1S/C15H18F2N2O3/c1-2-22-14(20)10-5-7-19(8-6-10)15(21)18-13-4-3-11(16)9-12(13)17/h3-4,9-10H,2,5-8H2,1H3,(H,18,21). The molecule has 0 unspecified atom stereocenters. The van der Waals surface area contributed by atoms with Gasteiger partial charge in [-0.05, 0) is 31.9 Å². The highest BCUT2D eigenvalue weighted by molar-refractivity contribution is 5.89. The maximum atomic E-state index is 13.5. The predicted octanol–water partition coefficient (Wildman–Crippen LogP) is 2.77. The van der Waals surface area contributed by atoms with Crippen LogP contribution in [0.15, 0.2) is 18.2 Å². The SMILES string of the molecule is CCOC(=O)C1CCN(C(=O)Nc2ccc(F)cc2F)CC1. The third kappa shape index (κ3) is 3.93. The summed E-state index contributed by atoms with van der Waals surface area (Å²) in [6.07, 6.45) is 1.02. The van der Waals surface area contributed by atoms with E-state index in [9.17, 15) is 18.4 Å². The predicted molar refractivity (Wildman–Crippen MR) is 76.3 cm³/mol. The number of urea groups is 1. The number of amides is 2. The number of carbonyl (C=O) groups is 2. The molecule has 120 valence electrons. The molecule has 1 aliphatic rings. The minimum Gasteiger partial charge on any atom is -0.466 e. The van der Waals surface area contributed by atoms with Crippen LogP contribution in [0.4, 0.5) is 19.3 Å². The molecule has 1 fully saturated rings. The molecule has 1 N–H and O–H groups in total. The Bertz CT molecular complexity index is 558. The van der Waals surface area contributed by atoms with Gasteiger partial charge in [-0.2, -0.15) is 0 Å². The zero-order valence-electron chi connectivity index (χ0n) is 12.3. The Balaban J connectivity index is 1.88. The molecule has 1 saturated heterocycles. The minimum atomic E-state index is -0.824. The number of nitrogens with zero attached hydrogens (tertiary/aromatic N) is 1. The van der Waals surface area contributed by atoms with Crippen molar-refractivity contribution in [2.45, 2.75) is 19.8 Å². The normalized spacial score (nSPS) is 15.5. The van der Waals surface area contributed by atoms with Crippen molar-refractivity contribution < 1.29 is 23.1 Å². The molecule has 1 heterocycles. The van der Waals surface area contributed by atoms with Crippen LogP contribution in [-0.2, 0) is 9.53 Å². The topological polar surface area (TPSA) is 58.6 Å². The molecule has 2 rings (SSSR count). The summed E-state index contributed by atoms with van der Waals surface area (Å²) in [6.45, 7) is 2.86. The number of rotatable bonds is 3. The quantitative estimate of drug-likeness (QED) is 0.873. The van der Waals surface area contributed by atoms with Crippen LogP contribution >= 0.6 is 0 Å². The van der Waals surface area contributed by atoms with Gasteiger partial charge in [0.1, 0.15) is 11.6 Å². The molecule has 0 spiro atoms. The molecule has 0 atom stereocenters. The first-order valence-corrected chi connectivity index (χ1v) is 7.19. The lowest BCUT2D eigenvalue weighted by Crippen LogP contribution is -2.42. The summed E-state index contributed by atoms with van der Waals surface area (Å²) < 4.78 is 31.3. The number of benzene rings is 1. The second kappa shape index (κ2) is 7.20. The van der Waals surface area contributed by atoms with Gasteiger partial charge in [0, 0.05) is 19.2 Å². The number of likely N-dealkylation sites (tertiary alicyclic amines) is 1. The third-order valence-corrected chi connectivity index (χ3v) is 3.57. The van der Waals surface area contributed by atoms with Crippen LogP contribution in [0.2, 0.25) is 0 Å². The van der Waals surface area contributed by atoms with Gasteiger partial charge < -0.3 is 15.0 Å². The molecule has 0 saturated carbocycles. The van der Waals surface area contributed by atoms with E-state index in [2.05, 4.69) is 5.32 Å². The van der Waals surface area contributed by atoms with Crippen molar-refractivity contribution in [2.75, 3.05) is 25.0 Å². The Morgan fingerprint density at radius 1 is 1.32 bits per heavy atom. The summed E-state index contributed by atoms with van der Waals surface area (Å²) in [5.41, 5.74) is -0.0704. The van der Waals surface area contributed by atoms with Crippen molar-refractivity contribution in [1.82, 2.24) is 4.90 Å². The van der Waals surface area contributed by atoms with Gasteiger partial charge in [-0.3, -0.25) is 4.79 Å². The van der Waals surface area contributed by atoms with Crippen molar-refractivity contribution in [3.8, 4) is 0 Å². The monoisotopic (exact) mass is 312 g/mol. The molecule has 1 aliphatic heterocycles. The van der Waals surface area contributed by atoms with Crippen LogP contribution < -0.4 is 5.32 Å². The second-order valence-electron chi connectivity index (χ2n) is 5.07. The van der Waals surface area contributed by atoms with Gasteiger partial charge in [0.25, 0.3) is 0 Å². The van der Waals surface area contributed by atoms with Crippen LogP contribution in [0.5, 0.6) is 0 Å². The highest BCUT2D eigenvalue weighted by Crippen LogP contribution is 2.20. The van der Waals surface area contributed by atoms with E-state index in [4.69, 9.17) is 4.74 Å². The number of piperidine rings is 1. The summed E-state index contributed by atoms with van der Waals surface area (Å²) in [4.78, 5) is 25.2. The Hall–Kier alpha value is -2.18. The number of esters is 1. The molecule has 5 nitrogen and oxygen atoms in total. The zero-order valence-corrected chi connectivity index (χ0v) is 12.3. The van der Waals surface area contributed by atoms with Crippen LogP contribution in [0, 0.1) is 17.6 Å². The van der Waals surface area contributed by atoms with Crippen molar-refractivity contribution >= 4 is 17.7 Å².